The van der Waals surface area contributed by atoms with E-state index < -0.39 is 11.9 Å². The Hall–Kier alpha value is -2.13. The molecule has 0 fully saturated rings. The summed E-state index contributed by atoms with van der Waals surface area (Å²) in [4.78, 5) is 40.1. The van der Waals surface area contributed by atoms with Crippen LogP contribution in [0, 0.1) is 6.92 Å². The van der Waals surface area contributed by atoms with Gasteiger partial charge in [-0.05, 0) is 31.5 Å². The summed E-state index contributed by atoms with van der Waals surface area (Å²) >= 11 is 14.7. The van der Waals surface area contributed by atoms with E-state index in [1.807, 2.05) is 0 Å². The van der Waals surface area contributed by atoms with Crippen LogP contribution in [0.3, 0.4) is 0 Å². The molecule has 0 saturated carbocycles. The number of benzene rings is 1. The largest absolute Gasteiger partial charge is 0.462 e. The van der Waals surface area contributed by atoms with Crippen LogP contribution in [0.1, 0.15) is 42.2 Å². The molecule has 2 aromatic heterocycles. The minimum absolute atomic E-state index is 0.167. The maximum absolute atomic E-state index is 13.0. The van der Waals surface area contributed by atoms with Crippen LogP contribution in [0.25, 0.3) is 10.1 Å². The van der Waals surface area contributed by atoms with E-state index in [-0.39, 0.29) is 28.0 Å². The number of nitrogens with one attached hydrogen (secondary N) is 1. The Morgan fingerprint density at radius 3 is 2.47 bits per heavy atom. The number of fused-ring (bicyclic) bond motifs is 1. The van der Waals surface area contributed by atoms with Gasteiger partial charge in [0.2, 0.25) is 0 Å². The number of anilines is 1. The van der Waals surface area contributed by atoms with Crippen molar-refractivity contribution in [2.24, 2.45) is 0 Å². The van der Waals surface area contributed by atoms with Gasteiger partial charge in [-0.15, -0.1) is 22.7 Å². The molecular formula is C20H18Cl2N2O4S2. The normalized spacial score (nSPS) is 10.9. The van der Waals surface area contributed by atoms with Crippen molar-refractivity contribution in [2.75, 3.05) is 26.0 Å². The lowest BCUT2D eigenvalue weighted by atomic mass is 10.1. The van der Waals surface area contributed by atoms with Crippen molar-refractivity contribution in [1.82, 2.24) is 4.90 Å². The Morgan fingerprint density at radius 1 is 1.13 bits per heavy atom. The number of hydrogen-bond donors (Lipinski definition) is 1. The topological polar surface area (TPSA) is 75.7 Å². The van der Waals surface area contributed by atoms with Crippen molar-refractivity contribution in [2.45, 2.75) is 13.8 Å². The SMILES string of the molecule is CCOC(=O)c1c(NC(=O)c2sc3cc(Cl)ccc3c2Cl)sc(C(=O)N(C)C)c1C. The number of ether oxygens (including phenoxy) is 1. The van der Waals surface area contributed by atoms with Crippen molar-refractivity contribution < 1.29 is 19.1 Å². The molecule has 158 valence electrons. The first-order valence-electron chi connectivity index (χ1n) is 8.86. The van der Waals surface area contributed by atoms with Crippen LogP contribution in [0.4, 0.5) is 5.00 Å². The van der Waals surface area contributed by atoms with Gasteiger partial charge >= 0.3 is 5.97 Å². The third kappa shape index (κ3) is 4.18. The molecule has 0 bridgehead atoms. The molecular weight excluding hydrogens is 467 g/mol. The predicted molar refractivity (Wildman–Crippen MR) is 123 cm³/mol. The first-order valence-corrected chi connectivity index (χ1v) is 11.3. The average Bonchev–Trinajstić information content (AvgIpc) is 3.17. The smallest absolute Gasteiger partial charge is 0.341 e. The number of carbonyl (C=O) groups is 3. The molecule has 0 saturated heterocycles. The zero-order chi connectivity index (χ0) is 22.2. The first kappa shape index (κ1) is 22.6. The van der Waals surface area contributed by atoms with Gasteiger partial charge in [-0.25, -0.2) is 4.79 Å². The van der Waals surface area contributed by atoms with Gasteiger partial charge in [-0.1, -0.05) is 29.3 Å². The Kier molecular flexibility index (Phi) is 6.71. The van der Waals surface area contributed by atoms with E-state index in [0.29, 0.717) is 25.9 Å². The van der Waals surface area contributed by atoms with E-state index in [9.17, 15) is 14.4 Å². The second kappa shape index (κ2) is 8.93. The van der Waals surface area contributed by atoms with E-state index in [4.69, 9.17) is 27.9 Å². The van der Waals surface area contributed by atoms with Crippen molar-refractivity contribution in [1.29, 1.82) is 0 Å². The number of hydrogen-bond acceptors (Lipinski definition) is 6. The lowest BCUT2D eigenvalue weighted by Gasteiger charge is -2.09. The molecule has 0 aliphatic heterocycles. The Morgan fingerprint density at radius 2 is 1.83 bits per heavy atom. The van der Waals surface area contributed by atoms with Crippen molar-refractivity contribution in [3.63, 3.8) is 0 Å². The number of rotatable bonds is 5. The van der Waals surface area contributed by atoms with E-state index in [0.717, 1.165) is 16.0 Å². The number of nitrogens with zero attached hydrogens (tertiary/aromatic N) is 1. The molecule has 0 atom stereocenters. The maximum atomic E-state index is 13.0. The molecule has 3 rings (SSSR count). The summed E-state index contributed by atoms with van der Waals surface area (Å²) in [6.07, 6.45) is 0. The van der Waals surface area contributed by atoms with Gasteiger partial charge in [-0.2, -0.15) is 0 Å². The molecule has 10 heteroatoms. The summed E-state index contributed by atoms with van der Waals surface area (Å²) in [7, 11) is 3.23. The van der Waals surface area contributed by atoms with Gasteiger partial charge in [0.15, 0.2) is 0 Å². The van der Waals surface area contributed by atoms with Crippen molar-refractivity contribution in [3.8, 4) is 0 Å². The van der Waals surface area contributed by atoms with Gasteiger partial charge < -0.3 is 15.0 Å². The standard InChI is InChI=1S/C20H18Cl2N2O4S2/c1-5-28-20(27)13-9(2)15(19(26)24(3)4)30-18(13)23-17(25)16-14(22)11-7-6-10(21)8-12(11)29-16/h6-8H,5H2,1-4H3,(H,23,25). The fraction of sp³-hybridized carbons (Fsp3) is 0.250. The first-order chi connectivity index (χ1) is 14.1. The zero-order valence-electron chi connectivity index (χ0n) is 16.6. The number of amides is 2. The van der Waals surface area contributed by atoms with Crippen LogP contribution in [-0.2, 0) is 4.74 Å². The third-order valence-corrected chi connectivity index (χ3v) is 7.34. The Labute approximate surface area is 191 Å². The molecule has 30 heavy (non-hydrogen) atoms. The molecule has 6 nitrogen and oxygen atoms in total. The summed E-state index contributed by atoms with van der Waals surface area (Å²) in [6, 6.07) is 5.18. The highest BCUT2D eigenvalue weighted by Gasteiger charge is 2.28. The Bertz CT molecular complexity index is 1170. The number of halogens is 2. The highest BCUT2D eigenvalue weighted by atomic mass is 35.5. The third-order valence-electron chi connectivity index (χ3n) is 4.25. The maximum Gasteiger partial charge on any atom is 0.341 e. The summed E-state index contributed by atoms with van der Waals surface area (Å²) in [5.74, 6) is -1.35. The summed E-state index contributed by atoms with van der Waals surface area (Å²) in [5.41, 5.74) is 0.627. The van der Waals surface area contributed by atoms with Crippen LogP contribution < -0.4 is 5.32 Å². The quantitative estimate of drug-likeness (QED) is 0.470. The number of esters is 1. The van der Waals surface area contributed by atoms with Crippen LogP contribution in [-0.4, -0.2) is 43.4 Å². The van der Waals surface area contributed by atoms with Crippen LogP contribution in [0.2, 0.25) is 10.0 Å². The molecule has 0 aliphatic carbocycles. The molecule has 3 aromatic rings. The molecule has 2 heterocycles. The van der Waals surface area contributed by atoms with Crippen LogP contribution in [0.15, 0.2) is 18.2 Å². The minimum Gasteiger partial charge on any atom is -0.462 e. The molecule has 0 aliphatic rings. The fourth-order valence-corrected chi connectivity index (χ4v) is 5.70. The van der Waals surface area contributed by atoms with E-state index >= 15 is 0 Å². The predicted octanol–water partition coefficient (Wildman–Crippen LogP) is 5.71. The van der Waals surface area contributed by atoms with E-state index in [1.165, 1.54) is 16.2 Å². The zero-order valence-corrected chi connectivity index (χ0v) is 19.7. The summed E-state index contributed by atoms with van der Waals surface area (Å²) in [6.45, 7) is 3.51. The van der Waals surface area contributed by atoms with E-state index in [2.05, 4.69) is 5.32 Å². The molecule has 2 amide bonds. The van der Waals surface area contributed by atoms with Crippen LogP contribution in [0.5, 0.6) is 0 Å². The second-order valence-corrected chi connectivity index (χ2v) is 9.41. The number of carbonyl (C=O) groups excluding carboxylic acids is 3. The van der Waals surface area contributed by atoms with Gasteiger partial charge in [0.05, 0.1) is 22.1 Å². The van der Waals surface area contributed by atoms with Gasteiger partial charge in [0.1, 0.15) is 9.88 Å². The fourth-order valence-electron chi connectivity index (χ4n) is 2.80. The molecule has 1 N–H and O–H groups in total. The monoisotopic (exact) mass is 484 g/mol. The highest BCUT2D eigenvalue weighted by Crippen LogP contribution is 2.39. The minimum atomic E-state index is -0.603. The molecule has 1 aromatic carbocycles. The van der Waals surface area contributed by atoms with Crippen LogP contribution >= 0.6 is 45.9 Å². The lowest BCUT2D eigenvalue weighted by Crippen LogP contribution is -2.21. The molecule has 0 unspecified atom stereocenters. The van der Waals surface area contributed by atoms with E-state index in [1.54, 1.807) is 46.1 Å². The summed E-state index contributed by atoms with van der Waals surface area (Å²) in [5, 5.41) is 4.54. The Balaban J connectivity index is 2.04. The molecule has 0 spiro atoms. The lowest BCUT2D eigenvalue weighted by molar-refractivity contribution is 0.0527. The highest BCUT2D eigenvalue weighted by molar-refractivity contribution is 7.22. The van der Waals surface area contributed by atoms with Gasteiger partial charge in [0.25, 0.3) is 11.8 Å². The second-order valence-electron chi connectivity index (χ2n) is 6.52. The number of thiophene rings is 2. The average molecular weight is 485 g/mol. The van der Waals surface area contributed by atoms with Gasteiger partial charge in [-0.3, -0.25) is 9.59 Å². The summed E-state index contributed by atoms with van der Waals surface area (Å²) < 4.78 is 5.90. The van der Waals surface area contributed by atoms with Gasteiger partial charge in [0, 0.05) is 29.2 Å². The van der Waals surface area contributed by atoms with Crippen molar-refractivity contribution >= 4 is 78.7 Å². The van der Waals surface area contributed by atoms with Crippen molar-refractivity contribution in [3.05, 3.63) is 49.1 Å². The molecule has 0 radical (unpaired) electrons.